The van der Waals surface area contributed by atoms with Crippen molar-refractivity contribution in [3.63, 3.8) is 0 Å². The minimum Gasteiger partial charge on any atom is -0.352 e. The summed E-state index contributed by atoms with van der Waals surface area (Å²) in [6.45, 7) is 1.52. The van der Waals surface area contributed by atoms with Crippen LogP contribution in [-0.2, 0) is 29.7 Å². The monoisotopic (exact) mass is 392 g/mol. The number of hydrogen-bond acceptors (Lipinski definition) is 3. The first-order chi connectivity index (χ1) is 14.0. The zero-order chi connectivity index (χ0) is 20.4. The highest BCUT2D eigenvalue weighted by atomic mass is 16.2. The van der Waals surface area contributed by atoms with E-state index in [9.17, 15) is 14.4 Å². The summed E-state index contributed by atoms with van der Waals surface area (Å²) in [6.07, 6.45) is 1.74. The van der Waals surface area contributed by atoms with E-state index in [0.29, 0.717) is 19.5 Å². The highest BCUT2D eigenvalue weighted by Crippen LogP contribution is 2.21. The summed E-state index contributed by atoms with van der Waals surface area (Å²) < 4.78 is 3.23. The van der Waals surface area contributed by atoms with E-state index < -0.39 is 0 Å². The maximum Gasteiger partial charge on any atom is 0.328 e. The molecule has 7 nitrogen and oxygen atoms in total. The van der Waals surface area contributed by atoms with Crippen LogP contribution in [0.5, 0.6) is 0 Å². The zero-order valence-corrected chi connectivity index (χ0v) is 16.4. The molecule has 1 fully saturated rings. The number of carbonyl (C=O) groups is 2. The van der Waals surface area contributed by atoms with Crippen LogP contribution in [0.2, 0.25) is 0 Å². The zero-order valence-electron chi connectivity index (χ0n) is 16.4. The third kappa shape index (κ3) is 3.81. The van der Waals surface area contributed by atoms with E-state index in [1.54, 1.807) is 21.1 Å². The Labute approximate surface area is 168 Å². The molecule has 2 amide bonds. The molecule has 3 aromatic rings. The second-order valence-electron chi connectivity index (χ2n) is 7.32. The molecule has 1 N–H and O–H groups in total. The number of aromatic nitrogens is 2. The number of aryl methyl sites for hydroxylation is 2. The molecule has 1 aliphatic heterocycles. The number of benzene rings is 2. The SMILES string of the molecule is Cn1c(=O)n(CCC(=O)NCc2ccc(N3CCCC3=O)cc2)c2ccccc21. The van der Waals surface area contributed by atoms with Gasteiger partial charge < -0.3 is 10.2 Å². The molecule has 7 heteroatoms. The molecular weight excluding hydrogens is 368 g/mol. The van der Waals surface area contributed by atoms with E-state index in [2.05, 4.69) is 5.32 Å². The van der Waals surface area contributed by atoms with Gasteiger partial charge >= 0.3 is 5.69 Å². The maximum absolute atomic E-state index is 12.4. The van der Waals surface area contributed by atoms with Gasteiger partial charge in [-0.1, -0.05) is 24.3 Å². The van der Waals surface area contributed by atoms with Gasteiger partial charge in [-0.3, -0.25) is 18.7 Å². The molecule has 1 aliphatic rings. The number of carbonyl (C=O) groups excluding carboxylic acids is 2. The van der Waals surface area contributed by atoms with Crippen molar-refractivity contribution in [2.45, 2.75) is 32.4 Å². The molecule has 0 aliphatic carbocycles. The molecule has 2 heterocycles. The Morgan fingerprint density at radius 1 is 1.03 bits per heavy atom. The van der Waals surface area contributed by atoms with Crippen molar-refractivity contribution in [3.05, 3.63) is 64.6 Å². The average molecular weight is 392 g/mol. The van der Waals surface area contributed by atoms with Crippen molar-refractivity contribution >= 4 is 28.5 Å². The van der Waals surface area contributed by atoms with Gasteiger partial charge in [0.2, 0.25) is 11.8 Å². The molecule has 29 heavy (non-hydrogen) atoms. The summed E-state index contributed by atoms with van der Waals surface area (Å²) in [5.41, 5.74) is 3.44. The van der Waals surface area contributed by atoms with Crippen molar-refractivity contribution in [2.75, 3.05) is 11.4 Å². The molecule has 0 spiro atoms. The van der Waals surface area contributed by atoms with Crippen LogP contribution in [0.1, 0.15) is 24.8 Å². The van der Waals surface area contributed by atoms with Gasteiger partial charge in [0, 0.05) is 45.2 Å². The van der Waals surface area contributed by atoms with Crippen LogP contribution in [0.3, 0.4) is 0 Å². The van der Waals surface area contributed by atoms with Crippen molar-refractivity contribution in [1.82, 2.24) is 14.5 Å². The molecule has 0 atom stereocenters. The molecule has 0 saturated carbocycles. The molecule has 0 bridgehead atoms. The van der Waals surface area contributed by atoms with Gasteiger partial charge in [0.15, 0.2) is 0 Å². The Balaban J connectivity index is 1.33. The Hall–Kier alpha value is -3.35. The average Bonchev–Trinajstić information content (AvgIpc) is 3.27. The van der Waals surface area contributed by atoms with Crippen LogP contribution in [0.25, 0.3) is 11.0 Å². The summed E-state index contributed by atoms with van der Waals surface area (Å²) in [5, 5.41) is 2.90. The van der Waals surface area contributed by atoms with E-state index in [0.717, 1.165) is 35.2 Å². The number of anilines is 1. The molecule has 1 saturated heterocycles. The van der Waals surface area contributed by atoms with Crippen LogP contribution in [0.4, 0.5) is 5.69 Å². The largest absolute Gasteiger partial charge is 0.352 e. The van der Waals surface area contributed by atoms with Gasteiger partial charge in [0.1, 0.15) is 0 Å². The van der Waals surface area contributed by atoms with Gasteiger partial charge in [-0.05, 0) is 36.2 Å². The minimum absolute atomic E-state index is 0.108. The number of para-hydroxylation sites is 2. The van der Waals surface area contributed by atoms with E-state index in [4.69, 9.17) is 0 Å². The first kappa shape index (κ1) is 19.0. The normalized spacial score (nSPS) is 14.0. The molecule has 1 aromatic heterocycles. The number of hydrogen-bond donors (Lipinski definition) is 1. The lowest BCUT2D eigenvalue weighted by Gasteiger charge is -2.16. The molecule has 0 unspecified atom stereocenters. The van der Waals surface area contributed by atoms with Gasteiger partial charge in [-0.2, -0.15) is 0 Å². The van der Waals surface area contributed by atoms with Crippen LogP contribution in [0, 0.1) is 0 Å². The first-order valence-corrected chi connectivity index (χ1v) is 9.85. The summed E-state index contributed by atoms with van der Waals surface area (Å²) in [7, 11) is 1.74. The Morgan fingerprint density at radius 2 is 1.76 bits per heavy atom. The summed E-state index contributed by atoms with van der Waals surface area (Å²) in [4.78, 5) is 38.3. The fourth-order valence-electron chi connectivity index (χ4n) is 3.80. The van der Waals surface area contributed by atoms with Crippen molar-refractivity contribution in [1.29, 1.82) is 0 Å². The van der Waals surface area contributed by atoms with Crippen LogP contribution < -0.4 is 15.9 Å². The summed E-state index contributed by atoms with van der Waals surface area (Å²) >= 11 is 0. The third-order valence-electron chi connectivity index (χ3n) is 5.43. The van der Waals surface area contributed by atoms with E-state index in [1.807, 2.05) is 48.5 Å². The lowest BCUT2D eigenvalue weighted by atomic mass is 10.2. The number of fused-ring (bicyclic) bond motifs is 1. The predicted octanol–water partition coefficient (Wildman–Crippen LogP) is 2.17. The number of nitrogens with one attached hydrogen (secondary N) is 1. The van der Waals surface area contributed by atoms with Gasteiger partial charge in [0.05, 0.1) is 11.0 Å². The standard InChI is InChI=1S/C22H24N4O3/c1-24-18-5-2-3-6-19(18)26(22(24)29)14-12-20(27)23-15-16-8-10-17(11-9-16)25-13-4-7-21(25)28/h2-3,5-6,8-11H,4,7,12-15H2,1H3,(H,23,27). The van der Waals surface area contributed by atoms with Gasteiger partial charge in [-0.25, -0.2) is 4.79 Å². The smallest absolute Gasteiger partial charge is 0.328 e. The van der Waals surface area contributed by atoms with E-state index >= 15 is 0 Å². The lowest BCUT2D eigenvalue weighted by Crippen LogP contribution is -2.27. The highest BCUT2D eigenvalue weighted by molar-refractivity contribution is 5.95. The Bertz CT molecular complexity index is 1110. The van der Waals surface area contributed by atoms with Gasteiger partial charge in [0.25, 0.3) is 0 Å². The number of amides is 2. The number of rotatable bonds is 6. The van der Waals surface area contributed by atoms with Crippen molar-refractivity contribution in [3.8, 4) is 0 Å². The summed E-state index contributed by atoms with van der Waals surface area (Å²) in [6, 6.07) is 15.3. The van der Waals surface area contributed by atoms with Gasteiger partial charge in [-0.15, -0.1) is 0 Å². The van der Waals surface area contributed by atoms with Crippen molar-refractivity contribution < 1.29 is 9.59 Å². The van der Waals surface area contributed by atoms with Crippen molar-refractivity contribution in [2.24, 2.45) is 7.05 Å². The second-order valence-corrected chi connectivity index (χ2v) is 7.32. The third-order valence-corrected chi connectivity index (χ3v) is 5.43. The topological polar surface area (TPSA) is 76.3 Å². The fourth-order valence-corrected chi connectivity index (χ4v) is 3.80. The first-order valence-electron chi connectivity index (χ1n) is 9.85. The molecule has 0 radical (unpaired) electrons. The minimum atomic E-state index is -0.119. The van der Waals surface area contributed by atoms with E-state index in [-0.39, 0.29) is 23.9 Å². The highest BCUT2D eigenvalue weighted by Gasteiger charge is 2.21. The second kappa shape index (κ2) is 7.95. The molecule has 4 rings (SSSR count). The maximum atomic E-state index is 12.4. The fraction of sp³-hybridized carbons (Fsp3) is 0.318. The van der Waals surface area contributed by atoms with E-state index in [1.165, 1.54) is 0 Å². The number of nitrogens with zero attached hydrogens (tertiary/aromatic N) is 3. The predicted molar refractivity (Wildman–Crippen MR) is 112 cm³/mol. The molecule has 2 aromatic carbocycles. The van der Waals surface area contributed by atoms with Crippen LogP contribution in [0.15, 0.2) is 53.3 Å². The molecule has 150 valence electrons. The Kier molecular flexibility index (Phi) is 5.20. The molecular formula is C22H24N4O3. The Morgan fingerprint density at radius 3 is 2.45 bits per heavy atom. The number of imidazole rings is 1. The lowest BCUT2D eigenvalue weighted by molar-refractivity contribution is -0.121. The van der Waals surface area contributed by atoms with Crippen LogP contribution in [-0.4, -0.2) is 27.5 Å². The van der Waals surface area contributed by atoms with Crippen LogP contribution >= 0.6 is 0 Å². The quantitative estimate of drug-likeness (QED) is 0.699. The summed E-state index contributed by atoms with van der Waals surface area (Å²) in [5.74, 6) is 0.0540.